The molecule has 0 aliphatic carbocycles. The minimum atomic E-state index is -0.879. The first kappa shape index (κ1) is 16.0. The van der Waals surface area contributed by atoms with Crippen LogP contribution in [0.3, 0.4) is 0 Å². The summed E-state index contributed by atoms with van der Waals surface area (Å²) in [4.78, 5) is 23.8. The highest BCUT2D eigenvalue weighted by Gasteiger charge is 2.18. The molecule has 2 aromatic rings. The Morgan fingerprint density at radius 1 is 1.14 bits per heavy atom. The second kappa shape index (κ2) is 7.61. The summed E-state index contributed by atoms with van der Waals surface area (Å²) in [6, 6.07) is 16.0. The van der Waals surface area contributed by atoms with Crippen molar-refractivity contribution in [3.8, 4) is 0 Å². The maximum Gasteiger partial charge on any atom is 0.311 e. The van der Waals surface area contributed by atoms with E-state index >= 15 is 0 Å². The highest BCUT2D eigenvalue weighted by atomic mass is 35.5. The molecular formula is C17H16ClNO3. The summed E-state index contributed by atoms with van der Waals surface area (Å²) in [5.74, 6) is -0.844. The van der Waals surface area contributed by atoms with Gasteiger partial charge in [-0.05, 0) is 30.7 Å². The van der Waals surface area contributed by atoms with Crippen LogP contribution in [-0.2, 0) is 20.7 Å². The summed E-state index contributed by atoms with van der Waals surface area (Å²) < 4.78 is 5.13. The van der Waals surface area contributed by atoms with Crippen molar-refractivity contribution in [2.75, 3.05) is 5.32 Å². The summed E-state index contributed by atoms with van der Waals surface area (Å²) in [5.41, 5.74) is 1.40. The van der Waals surface area contributed by atoms with E-state index < -0.39 is 18.0 Å². The lowest BCUT2D eigenvalue weighted by molar-refractivity contribution is -0.152. The van der Waals surface area contributed by atoms with Crippen molar-refractivity contribution in [3.63, 3.8) is 0 Å². The molecule has 0 saturated heterocycles. The van der Waals surface area contributed by atoms with Gasteiger partial charge in [-0.1, -0.05) is 48.0 Å². The van der Waals surface area contributed by atoms with E-state index in [-0.39, 0.29) is 6.42 Å². The number of carbonyl (C=O) groups is 2. The van der Waals surface area contributed by atoms with Gasteiger partial charge in [0.2, 0.25) is 0 Å². The number of carbonyl (C=O) groups excluding carboxylic acids is 2. The molecule has 0 saturated carbocycles. The van der Waals surface area contributed by atoms with Crippen LogP contribution in [-0.4, -0.2) is 18.0 Å². The number of anilines is 1. The third kappa shape index (κ3) is 4.90. The smallest absolute Gasteiger partial charge is 0.311 e. The van der Waals surface area contributed by atoms with Crippen LogP contribution in [0.25, 0.3) is 0 Å². The van der Waals surface area contributed by atoms with E-state index in [1.165, 1.54) is 6.92 Å². The molecule has 0 fully saturated rings. The highest BCUT2D eigenvalue weighted by molar-refractivity contribution is 6.30. The van der Waals surface area contributed by atoms with Gasteiger partial charge >= 0.3 is 5.97 Å². The standard InChI is InChI=1S/C17H16ClNO3/c1-12(17(21)19-15-9-5-8-14(18)11-15)22-16(20)10-13-6-3-2-4-7-13/h2-9,11-12H,10H2,1H3,(H,19,21)/t12-/m1/s1. The summed E-state index contributed by atoms with van der Waals surface area (Å²) in [5, 5.41) is 3.17. The van der Waals surface area contributed by atoms with Gasteiger partial charge in [0.05, 0.1) is 6.42 Å². The van der Waals surface area contributed by atoms with E-state index in [0.717, 1.165) is 5.56 Å². The second-order valence-corrected chi connectivity index (χ2v) is 5.23. The van der Waals surface area contributed by atoms with E-state index in [9.17, 15) is 9.59 Å². The van der Waals surface area contributed by atoms with Crippen LogP contribution in [0.5, 0.6) is 0 Å². The minimum Gasteiger partial charge on any atom is -0.452 e. The average molecular weight is 318 g/mol. The second-order valence-electron chi connectivity index (χ2n) is 4.79. The summed E-state index contributed by atoms with van der Waals surface area (Å²) >= 11 is 5.85. The van der Waals surface area contributed by atoms with Crippen molar-refractivity contribution < 1.29 is 14.3 Å². The molecule has 0 heterocycles. The van der Waals surface area contributed by atoms with Crippen molar-refractivity contribution >= 4 is 29.2 Å². The van der Waals surface area contributed by atoms with Gasteiger partial charge in [-0.15, -0.1) is 0 Å². The third-order valence-corrected chi connectivity index (χ3v) is 3.20. The summed E-state index contributed by atoms with van der Waals surface area (Å²) in [7, 11) is 0. The molecule has 5 heteroatoms. The van der Waals surface area contributed by atoms with Gasteiger partial charge < -0.3 is 10.1 Å². The van der Waals surface area contributed by atoms with E-state index in [1.807, 2.05) is 30.3 Å². The molecule has 0 unspecified atom stereocenters. The van der Waals surface area contributed by atoms with Gasteiger partial charge in [-0.2, -0.15) is 0 Å². The number of benzene rings is 2. The Hall–Kier alpha value is -2.33. The number of rotatable bonds is 5. The zero-order valence-electron chi connectivity index (χ0n) is 12.1. The summed E-state index contributed by atoms with van der Waals surface area (Å²) in [6.45, 7) is 1.53. The molecule has 4 nitrogen and oxygen atoms in total. The number of nitrogens with one attached hydrogen (secondary N) is 1. The molecule has 2 rings (SSSR count). The maximum absolute atomic E-state index is 12.0. The van der Waals surface area contributed by atoms with Crippen molar-refractivity contribution in [2.24, 2.45) is 0 Å². The maximum atomic E-state index is 12.0. The quantitative estimate of drug-likeness (QED) is 0.859. The normalized spacial score (nSPS) is 11.5. The molecule has 0 aromatic heterocycles. The van der Waals surface area contributed by atoms with E-state index in [0.29, 0.717) is 10.7 Å². The molecule has 1 amide bonds. The van der Waals surface area contributed by atoms with Crippen molar-refractivity contribution in [2.45, 2.75) is 19.4 Å². The van der Waals surface area contributed by atoms with Gasteiger partial charge in [0.15, 0.2) is 6.10 Å². The fourth-order valence-electron chi connectivity index (χ4n) is 1.87. The average Bonchev–Trinajstić information content (AvgIpc) is 2.48. The zero-order chi connectivity index (χ0) is 15.9. The molecular weight excluding hydrogens is 302 g/mol. The van der Waals surface area contributed by atoms with Crippen LogP contribution in [0, 0.1) is 0 Å². The van der Waals surface area contributed by atoms with Crippen molar-refractivity contribution in [1.29, 1.82) is 0 Å². The van der Waals surface area contributed by atoms with Gasteiger partial charge in [0, 0.05) is 10.7 Å². The number of esters is 1. The summed E-state index contributed by atoms with van der Waals surface area (Å²) in [6.07, 6.45) is -0.745. The lowest BCUT2D eigenvalue weighted by Crippen LogP contribution is -2.30. The Labute approximate surface area is 134 Å². The van der Waals surface area contributed by atoms with Crippen LogP contribution in [0.1, 0.15) is 12.5 Å². The largest absolute Gasteiger partial charge is 0.452 e. The van der Waals surface area contributed by atoms with Gasteiger partial charge in [0.25, 0.3) is 5.91 Å². The molecule has 0 spiro atoms. The fraction of sp³-hybridized carbons (Fsp3) is 0.176. The van der Waals surface area contributed by atoms with Crippen LogP contribution in [0.2, 0.25) is 5.02 Å². The Kier molecular flexibility index (Phi) is 5.55. The number of hydrogen-bond acceptors (Lipinski definition) is 3. The number of halogens is 1. The van der Waals surface area contributed by atoms with Crippen molar-refractivity contribution in [1.82, 2.24) is 0 Å². The molecule has 0 radical (unpaired) electrons. The van der Waals surface area contributed by atoms with Crippen molar-refractivity contribution in [3.05, 3.63) is 65.2 Å². The Balaban J connectivity index is 1.87. The minimum absolute atomic E-state index is 0.135. The first-order valence-electron chi connectivity index (χ1n) is 6.84. The lowest BCUT2D eigenvalue weighted by Gasteiger charge is -2.13. The Morgan fingerprint density at radius 2 is 1.86 bits per heavy atom. The SMILES string of the molecule is C[C@@H](OC(=O)Cc1ccccc1)C(=O)Nc1cccc(Cl)c1. The van der Waals surface area contributed by atoms with Crippen LogP contribution < -0.4 is 5.32 Å². The van der Waals surface area contributed by atoms with Gasteiger partial charge in [0.1, 0.15) is 0 Å². The fourth-order valence-corrected chi connectivity index (χ4v) is 2.06. The molecule has 1 N–H and O–H groups in total. The predicted octanol–water partition coefficient (Wildman–Crippen LogP) is 3.45. The first-order chi connectivity index (χ1) is 10.5. The molecule has 0 aliphatic rings. The number of hydrogen-bond donors (Lipinski definition) is 1. The third-order valence-electron chi connectivity index (χ3n) is 2.96. The van der Waals surface area contributed by atoms with E-state index in [2.05, 4.69) is 5.32 Å². The molecule has 2 aromatic carbocycles. The molecule has 114 valence electrons. The van der Waals surface area contributed by atoms with Crippen LogP contribution >= 0.6 is 11.6 Å². The van der Waals surface area contributed by atoms with E-state index in [4.69, 9.17) is 16.3 Å². The Morgan fingerprint density at radius 3 is 2.55 bits per heavy atom. The predicted molar refractivity (Wildman–Crippen MR) is 85.8 cm³/mol. The molecule has 22 heavy (non-hydrogen) atoms. The molecule has 0 bridgehead atoms. The first-order valence-corrected chi connectivity index (χ1v) is 7.22. The van der Waals surface area contributed by atoms with Crippen LogP contribution in [0.4, 0.5) is 5.69 Å². The van der Waals surface area contributed by atoms with Gasteiger partial charge in [-0.25, -0.2) is 0 Å². The lowest BCUT2D eigenvalue weighted by atomic mass is 10.1. The Bertz CT molecular complexity index is 658. The number of amides is 1. The van der Waals surface area contributed by atoms with Gasteiger partial charge in [-0.3, -0.25) is 9.59 Å². The van der Waals surface area contributed by atoms with Crippen LogP contribution in [0.15, 0.2) is 54.6 Å². The monoisotopic (exact) mass is 317 g/mol. The molecule has 1 atom stereocenters. The zero-order valence-corrected chi connectivity index (χ0v) is 12.8. The highest BCUT2D eigenvalue weighted by Crippen LogP contribution is 2.15. The number of ether oxygens (including phenoxy) is 1. The van der Waals surface area contributed by atoms with E-state index in [1.54, 1.807) is 24.3 Å². The molecule has 0 aliphatic heterocycles. The topological polar surface area (TPSA) is 55.4 Å².